The number of anilines is 1. The molecular weight excluding hydrogens is 248 g/mol. The van der Waals surface area contributed by atoms with Crippen LogP contribution in [-0.2, 0) is 0 Å². The van der Waals surface area contributed by atoms with E-state index in [4.69, 9.17) is 11.0 Å². The Morgan fingerprint density at radius 3 is 2.92 bits per heavy atom. The fraction of sp³-hybridized carbons (Fsp3) is 0. The third kappa shape index (κ3) is 1.30. The predicted octanol–water partition coefficient (Wildman–Crippen LogP) is 3.12. The van der Waals surface area contributed by atoms with Crippen LogP contribution in [0.4, 0.5) is 5.69 Å². The van der Waals surface area contributed by atoms with E-state index in [1.54, 1.807) is 17.4 Å². The molecule has 13 heavy (non-hydrogen) atoms. The molecule has 0 aliphatic carbocycles. The summed E-state index contributed by atoms with van der Waals surface area (Å²) in [5, 5.41) is 9.69. The first-order valence-corrected chi connectivity index (χ1v) is 5.21. The number of nitriles is 1. The van der Waals surface area contributed by atoms with Crippen molar-refractivity contribution >= 4 is 43.0 Å². The molecule has 0 fully saturated rings. The van der Waals surface area contributed by atoms with Crippen LogP contribution in [-0.4, -0.2) is 0 Å². The van der Waals surface area contributed by atoms with E-state index in [1.807, 2.05) is 12.1 Å². The first kappa shape index (κ1) is 8.54. The van der Waals surface area contributed by atoms with Gasteiger partial charge in [-0.15, -0.1) is 11.3 Å². The molecule has 64 valence electrons. The SMILES string of the molecule is N#Cc1ccc2c(N)c(Br)sc2c1. The van der Waals surface area contributed by atoms with Gasteiger partial charge in [0.25, 0.3) is 0 Å². The van der Waals surface area contributed by atoms with E-state index in [1.165, 1.54) is 0 Å². The maximum atomic E-state index is 8.68. The molecule has 2 rings (SSSR count). The van der Waals surface area contributed by atoms with Crippen molar-refractivity contribution in [3.05, 3.63) is 27.5 Å². The zero-order valence-corrected chi connectivity index (χ0v) is 8.95. The largest absolute Gasteiger partial charge is 0.397 e. The van der Waals surface area contributed by atoms with Gasteiger partial charge in [-0.3, -0.25) is 0 Å². The van der Waals surface area contributed by atoms with Crippen LogP contribution in [0.1, 0.15) is 5.56 Å². The van der Waals surface area contributed by atoms with E-state index >= 15 is 0 Å². The molecule has 4 heteroatoms. The summed E-state index contributed by atoms with van der Waals surface area (Å²) in [6, 6.07) is 7.60. The number of nitrogens with zero attached hydrogens (tertiary/aromatic N) is 1. The molecule has 0 atom stereocenters. The second-order valence-corrected chi connectivity index (χ2v) is 4.98. The van der Waals surface area contributed by atoms with Gasteiger partial charge in [0.2, 0.25) is 0 Å². The Kier molecular flexibility index (Phi) is 1.98. The number of nitrogens with two attached hydrogens (primary N) is 1. The normalized spacial score (nSPS) is 10.2. The molecule has 2 N–H and O–H groups in total. The van der Waals surface area contributed by atoms with Crippen LogP contribution in [0, 0.1) is 11.3 Å². The molecule has 0 unspecified atom stereocenters. The summed E-state index contributed by atoms with van der Waals surface area (Å²) >= 11 is 4.91. The van der Waals surface area contributed by atoms with Gasteiger partial charge in [0.1, 0.15) is 0 Å². The molecule has 2 nitrogen and oxygen atoms in total. The Hall–Kier alpha value is -1.05. The van der Waals surface area contributed by atoms with Crippen LogP contribution in [0.15, 0.2) is 22.0 Å². The van der Waals surface area contributed by atoms with Crippen molar-refractivity contribution in [2.45, 2.75) is 0 Å². The molecule has 0 aliphatic rings. The van der Waals surface area contributed by atoms with E-state index < -0.39 is 0 Å². The smallest absolute Gasteiger partial charge is 0.0992 e. The number of fused-ring (bicyclic) bond motifs is 1. The average Bonchev–Trinajstić information content (AvgIpc) is 2.42. The van der Waals surface area contributed by atoms with Crippen molar-refractivity contribution in [3.8, 4) is 6.07 Å². The van der Waals surface area contributed by atoms with Crippen molar-refractivity contribution in [1.29, 1.82) is 5.26 Å². The minimum atomic E-state index is 0.668. The van der Waals surface area contributed by atoms with E-state index in [0.29, 0.717) is 5.56 Å². The van der Waals surface area contributed by atoms with Crippen molar-refractivity contribution in [1.82, 2.24) is 0 Å². The third-order valence-corrected chi connectivity index (χ3v) is 3.68. The molecule has 1 aromatic carbocycles. The van der Waals surface area contributed by atoms with Crippen molar-refractivity contribution in [3.63, 3.8) is 0 Å². The summed E-state index contributed by atoms with van der Waals surface area (Å²) in [6.45, 7) is 0. The minimum absolute atomic E-state index is 0.668. The molecule has 1 aromatic heterocycles. The highest BCUT2D eigenvalue weighted by Gasteiger charge is 2.06. The number of rotatable bonds is 0. The van der Waals surface area contributed by atoms with Crippen LogP contribution in [0.25, 0.3) is 10.1 Å². The van der Waals surface area contributed by atoms with Crippen LogP contribution in [0.3, 0.4) is 0 Å². The van der Waals surface area contributed by atoms with Crippen molar-refractivity contribution in [2.75, 3.05) is 5.73 Å². The van der Waals surface area contributed by atoms with Gasteiger partial charge in [0.15, 0.2) is 0 Å². The number of hydrogen-bond donors (Lipinski definition) is 1. The highest BCUT2D eigenvalue weighted by atomic mass is 79.9. The van der Waals surface area contributed by atoms with Crippen LogP contribution in [0.5, 0.6) is 0 Å². The molecule has 0 amide bonds. The monoisotopic (exact) mass is 252 g/mol. The first-order valence-electron chi connectivity index (χ1n) is 3.60. The highest BCUT2D eigenvalue weighted by molar-refractivity contribution is 9.11. The summed E-state index contributed by atoms with van der Waals surface area (Å²) < 4.78 is 1.97. The Labute approximate surface area is 87.7 Å². The zero-order chi connectivity index (χ0) is 9.42. The number of halogens is 1. The lowest BCUT2D eigenvalue weighted by Crippen LogP contribution is -1.81. The summed E-state index contributed by atoms with van der Waals surface area (Å²) in [5.74, 6) is 0. The maximum absolute atomic E-state index is 8.68. The van der Waals surface area contributed by atoms with Gasteiger partial charge < -0.3 is 5.73 Å². The van der Waals surface area contributed by atoms with E-state index in [2.05, 4.69) is 22.0 Å². The van der Waals surface area contributed by atoms with Crippen LogP contribution in [0.2, 0.25) is 0 Å². The molecule has 0 spiro atoms. The minimum Gasteiger partial charge on any atom is -0.397 e. The van der Waals surface area contributed by atoms with E-state index in [0.717, 1.165) is 19.6 Å². The Bertz CT molecular complexity index is 510. The second kappa shape index (κ2) is 3.02. The summed E-state index contributed by atoms with van der Waals surface area (Å²) in [7, 11) is 0. The van der Waals surface area contributed by atoms with Gasteiger partial charge in [0.05, 0.1) is 21.1 Å². The number of thiophene rings is 1. The maximum Gasteiger partial charge on any atom is 0.0992 e. The number of benzene rings is 1. The van der Waals surface area contributed by atoms with Gasteiger partial charge in [-0.25, -0.2) is 0 Å². The fourth-order valence-corrected chi connectivity index (χ4v) is 2.78. The quantitative estimate of drug-likeness (QED) is 0.784. The summed E-state index contributed by atoms with van der Waals surface area (Å²) in [6.07, 6.45) is 0. The van der Waals surface area contributed by atoms with Gasteiger partial charge in [-0.05, 0) is 28.1 Å². The standard InChI is InChI=1S/C9H5BrN2S/c10-9-8(12)6-2-1-5(4-11)3-7(6)13-9/h1-3H,12H2. The van der Waals surface area contributed by atoms with E-state index in [-0.39, 0.29) is 0 Å². The Morgan fingerprint density at radius 1 is 1.46 bits per heavy atom. The Morgan fingerprint density at radius 2 is 2.23 bits per heavy atom. The molecule has 0 radical (unpaired) electrons. The molecule has 0 aliphatic heterocycles. The van der Waals surface area contributed by atoms with Gasteiger partial charge in [-0.2, -0.15) is 5.26 Å². The Balaban J connectivity index is 2.82. The van der Waals surface area contributed by atoms with Gasteiger partial charge >= 0.3 is 0 Å². The van der Waals surface area contributed by atoms with Crippen LogP contribution >= 0.6 is 27.3 Å². The molecule has 2 aromatic rings. The second-order valence-electron chi connectivity index (χ2n) is 2.61. The van der Waals surface area contributed by atoms with Gasteiger partial charge in [-0.1, -0.05) is 6.07 Å². The molecule has 0 bridgehead atoms. The highest BCUT2D eigenvalue weighted by Crippen LogP contribution is 2.37. The van der Waals surface area contributed by atoms with Crippen LogP contribution < -0.4 is 5.73 Å². The fourth-order valence-electron chi connectivity index (χ4n) is 1.16. The first-order chi connectivity index (χ1) is 6.22. The van der Waals surface area contributed by atoms with Crippen molar-refractivity contribution < 1.29 is 0 Å². The zero-order valence-electron chi connectivity index (χ0n) is 6.54. The lowest BCUT2D eigenvalue weighted by molar-refractivity contribution is 1.50. The molecular formula is C9H5BrN2S. The number of nitrogen functional groups attached to an aromatic ring is 1. The third-order valence-electron chi connectivity index (χ3n) is 1.81. The summed E-state index contributed by atoms with van der Waals surface area (Å²) in [4.78, 5) is 0. The van der Waals surface area contributed by atoms with Gasteiger partial charge in [0, 0.05) is 10.1 Å². The lowest BCUT2D eigenvalue weighted by atomic mass is 10.2. The lowest BCUT2D eigenvalue weighted by Gasteiger charge is -1.91. The van der Waals surface area contributed by atoms with E-state index in [9.17, 15) is 0 Å². The molecule has 0 saturated carbocycles. The topological polar surface area (TPSA) is 49.8 Å². The molecule has 0 saturated heterocycles. The predicted molar refractivity (Wildman–Crippen MR) is 58.7 cm³/mol. The van der Waals surface area contributed by atoms with Crippen molar-refractivity contribution in [2.24, 2.45) is 0 Å². The molecule has 1 heterocycles. The summed E-state index contributed by atoms with van der Waals surface area (Å²) in [5.41, 5.74) is 7.23. The number of hydrogen-bond acceptors (Lipinski definition) is 3. The average molecular weight is 253 g/mol.